The largest absolute Gasteiger partial charge is 0.378 e. The molecule has 18 nitrogen and oxygen atoms in total. The molecule has 5 heterocycles. The number of aromatic nitrogens is 4. The number of carbonyl (C=O) groups excluding carboxylic acids is 3. The summed E-state index contributed by atoms with van der Waals surface area (Å²) in [6.45, 7) is 24.1. The second-order valence-corrected chi connectivity index (χ2v) is 21.0. The van der Waals surface area contributed by atoms with E-state index in [1.54, 1.807) is 7.05 Å². The zero-order valence-corrected chi connectivity index (χ0v) is 48.7. The summed E-state index contributed by atoms with van der Waals surface area (Å²) in [6, 6.07) is 17.9. The molecule has 3 saturated heterocycles. The molecule has 3 fully saturated rings. The van der Waals surface area contributed by atoms with Crippen molar-refractivity contribution in [3.63, 3.8) is 0 Å². The van der Waals surface area contributed by atoms with Gasteiger partial charge < -0.3 is 45.0 Å². The number of morpholine rings is 2. The normalized spacial score (nSPS) is 16.0. The first-order valence-corrected chi connectivity index (χ1v) is 29.4. The van der Waals surface area contributed by atoms with Crippen molar-refractivity contribution in [2.45, 2.75) is 117 Å². The van der Waals surface area contributed by atoms with Crippen LogP contribution in [0.2, 0.25) is 0 Å². The number of unbranched alkanes of at least 4 members (excludes halogenated alkanes) is 6. The van der Waals surface area contributed by atoms with Crippen molar-refractivity contribution in [3.05, 3.63) is 94.8 Å². The van der Waals surface area contributed by atoms with Gasteiger partial charge in [0.25, 0.3) is 11.8 Å². The highest BCUT2D eigenvalue weighted by Crippen LogP contribution is 2.24. The van der Waals surface area contributed by atoms with E-state index in [-0.39, 0.29) is 17.7 Å². The Morgan fingerprint density at radius 3 is 1.52 bits per heavy atom. The van der Waals surface area contributed by atoms with E-state index in [9.17, 15) is 14.4 Å². The lowest BCUT2D eigenvalue weighted by atomic mass is 10.1. The first-order valence-electron chi connectivity index (χ1n) is 29.4. The molecule has 80 heavy (non-hydrogen) atoms. The number of likely N-dealkylation sites (N-methyl/N-ethyl adjacent to an activating group) is 1. The molecular formula is C62H87N13O5. The van der Waals surface area contributed by atoms with Gasteiger partial charge in [-0.25, -0.2) is 19.9 Å². The molecule has 18 heteroatoms. The third kappa shape index (κ3) is 18.1. The highest BCUT2D eigenvalue weighted by Gasteiger charge is 2.25. The fourth-order valence-corrected chi connectivity index (χ4v) is 10.2. The molecule has 3 atom stereocenters. The molecule has 0 bridgehead atoms. The monoisotopic (exact) mass is 1090 g/mol. The van der Waals surface area contributed by atoms with E-state index in [0.717, 1.165) is 114 Å². The number of rotatable bonds is 25. The highest BCUT2D eigenvalue weighted by atomic mass is 16.5. The molecule has 3 aliphatic heterocycles. The minimum Gasteiger partial charge on any atom is -0.378 e. The number of ether oxygens (including phenoxy) is 2. The molecule has 3 aliphatic rings. The molecule has 0 saturated carbocycles. The molecule has 0 spiro atoms. The fourth-order valence-electron chi connectivity index (χ4n) is 10.2. The molecule has 2 aromatic heterocycles. The van der Waals surface area contributed by atoms with Gasteiger partial charge in [-0.2, -0.15) is 0 Å². The number of nitrogens with zero attached hydrogens (tertiary/aromatic N) is 10. The number of anilines is 4. The van der Waals surface area contributed by atoms with E-state index < -0.39 is 18.1 Å². The number of hydrogen-bond donors (Lipinski definition) is 3. The van der Waals surface area contributed by atoms with Crippen LogP contribution in [0.15, 0.2) is 60.7 Å². The highest BCUT2D eigenvalue weighted by molar-refractivity contribution is 5.95. The third-order valence-electron chi connectivity index (χ3n) is 15.0. The molecule has 4 aromatic rings. The Labute approximate surface area is 476 Å². The Morgan fingerprint density at radius 2 is 1.06 bits per heavy atom. The predicted molar refractivity (Wildman–Crippen MR) is 318 cm³/mol. The fraction of sp³-hybridized carbons (Fsp3) is 0.565. The molecule has 3 amide bonds. The summed E-state index contributed by atoms with van der Waals surface area (Å²) < 4.78 is 11.0. The average Bonchev–Trinajstić information content (AvgIpc) is 3.49. The van der Waals surface area contributed by atoms with Gasteiger partial charge in [-0.3, -0.25) is 24.2 Å². The molecule has 2 aromatic carbocycles. The zero-order chi connectivity index (χ0) is 56.6. The number of hydrogen-bond acceptors (Lipinski definition) is 15. The Bertz CT molecular complexity index is 2730. The van der Waals surface area contributed by atoms with Gasteiger partial charge in [0.1, 0.15) is 17.7 Å². The van der Waals surface area contributed by atoms with Crippen LogP contribution in [-0.4, -0.2) is 166 Å². The molecule has 0 radical (unpaired) electrons. The van der Waals surface area contributed by atoms with Crippen molar-refractivity contribution in [3.8, 4) is 23.7 Å². The third-order valence-corrected chi connectivity index (χ3v) is 15.0. The maximum atomic E-state index is 13.7. The Kier molecular flexibility index (Phi) is 24.2. The van der Waals surface area contributed by atoms with Crippen LogP contribution in [0.25, 0.3) is 0 Å². The van der Waals surface area contributed by atoms with E-state index in [4.69, 9.17) is 29.4 Å². The second kappa shape index (κ2) is 31.8. The lowest BCUT2D eigenvalue weighted by molar-refractivity contribution is -0.121. The number of amides is 3. The van der Waals surface area contributed by atoms with Crippen molar-refractivity contribution in [1.29, 1.82) is 0 Å². The van der Waals surface area contributed by atoms with Gasteiger partial charge in [-0.05, 0) is 107 Å². The first kappa shape index (κ1) is 60.8. The van der Waals surface area contributed by atoms with Crippen molar-refractivity contribution >= 4 is 40.7 Å². The summed E-state index contributed by atoms with van der Waals surface area (Å²) >= 11 is 0. The molecule has 1 unspecified atom stereocenters. The molecule has 7 rings (SSSR count). The molecule has 3 N–H and O–H groups in total. The molecule has 0 aliphatic carbocycles. The van der Waals surface area contributed by atoms with Crippen molar-refractivity contribution < 1.29 is 23.9 Å². The van der Waals surface area contributed by atoms with E-state index in [2.05, 4.69) is 84.9 Å². The topological polar surface area (TPSA) is 177 Å². The van der Waals surface area contributed by atoms with E-state index in [1.165, 1.54) is 12.8 Å². The SMILES string of the molecule is CCCCCCN(CC)c1cc(C(C)NC(=O)c2ccc(N3CCOCC3)cc2)nc(C#CCN2CCCN(CC#Cc3nc([C@H](C)NC(=O)c4ccc(N5CCOCC5)cc4)cc(N(CCCCCC)[C@@H](C)C(=O)NC)n3)C2)n1. The lowest BCUT2D eigenvalue weighted by Gasteiger charge is -2.33. The van der Waals surface area contributed by atoms with Crippen LogP contribution in [0.4, 0.5) is 23.0 Å². The summed E-state index contributed by atoms with van der Waals surface area (Å²) in [5.74, 6) is 15.0. The summed E-state index contributed by atoms with van der Waals surface area (Å²) in [7, 11) is 1.65. The van der Waals surface area contributed by atoms with Gasteiger partial charge in [0.15, 0.2) is 0 Å². The smallest absolute Gasteiger partial charge is 0.251 e. The summed E-state index contributed by atoms with van der Waals surface area (Å²) in [5.41, 5.74) is 4.59. The quantitative estimate of drug-likeness (QED) is 0.0448. The predicted octanol–water partition coefficient (Wildman–Crippen LogP) is 7.22. The van der Waals surface area contributed by atoms with Crippen LogP contribution in [0.1, 0.15) is 155 Å². The maximum absolute atomic E-state index is 13.7. The van der Waals surface area contributed by atoms with E-state index >= 15 is 0 Å². The average molecular weight is 1090 g/mol. The standard InChI is InChI=1S/C62H87N13O5/c1-8-11-13-15-34-72(10-3)58-44-54(47(4)64-61(77)50-22-26-52(27-23-50)73-36-40-79-41-37-73)66-56(68-58)20-17-30-70-32-19-33-71(46-70)31-18-21-57-67-55(45-59(69-57)75(35-16-14-12-9-2)49(6)60(76)63-7)48(5)65-62(78)51-24-28-53(29-25-51)74-38-42-80-43-39-74/h22-29,44-45,47-49H,8-16,19,30-43,46H2,1-7H3,(H,63,76)(H,64,77)(H,65,78)/t47?,48-,49-/m0/s1. The first-order chi connectivity index (χ1) is 39.0. The van der Waals surface area contributed by atoms with Crippen molar-refractivity contribution in [2.75, 3.05) is 132 Å². The van der Waals surface area contributed by atoms with Crippen molar-refractivity contribution in [2.24, 2.45) is 0 Å². The Balaban J connectivity index is 1.05. The second-order valence-electron chi connectivity index (χ2n) is 21.0. The number of benzene rings is 2. The van der Waals surface area contributed by atoms with Gasteiger partial charge in [0.2, 0.25) is 17.6 Å². The number of nitrogens with one attached hydrogen (secondary N) is 3. The maximum Gasteiger partial charge on any atom is 0.251 e. The summed E-state index contributed by atoms with van der Waals surface area (Å²) in [6.07, 6.45) is 9.63. The van der Waals surface area contributed by atoms with Crippen LogP contribution in [0.5, 0.6) is 0 Å². The van der Waals surface area contributed by atoms with E-state index in [0.29, 0.717) is 92.7 Å². The van der Waals surface area contributed by atoms with Gasteiger partial charge in [-0.1, -0.05) is 64.2 Å². The Hall–Kier alpha value is -6.83. The van der Waals surface area contributed by atoms with Gasteiger partial charge in [-0.15, -0.1) is 0 Å². The van der Waals surface area contributed by atoms with Crippen LogP contribution in [0.3, 0.4) is 0 Å². The zero-order valence-electron chi connectivity index (χ0n) is 48.7. The van der Waals surface area contributed by atoms with Crippen LogP contribution in [-0.2, 0) is 14.3 Å². The Morgan fingerprint density at radius 1 is 0.600 bits per heavy atom. The van der Waals surface area contributed by atoms with Gasteiger partial charge in [0, 0.05) is 101 Å². The minimum atomic E-state index is -0.502. The molecular weight excluding hydrogens is 1010 g/mol. The summed E-state index contributed by atoms with van der Waals surface area (Å²) in [4.78, 5) is 73.7. The van der Waals surface area contributed by atoms with Crippen LogP contribution in [0, 0.1) is 23.7 Å². The number of carbonyl (C=O) groups is 3. The summed E-state index contributed by atoms with van der Waals surface area (Å²) in [5, 5.41) is 9.15. The van der Waals surface area contributed by atoms with Gasteiger partial charge >= 0.3 is 0 Å². The van der Waals surface area contributed by atoms with Crippen molar-refractivity contribution in [1.82, 2.24) is 45.7 Å². The minimum absolute atomic E-state index is 0.116. The van der Waals surface area contributed by atoms with E-state index in [1.807, 2.05) is 86.3 Å². The van der Waals surface area contributed by atoms with Crippen LogP contribution >= 0.6 is 0 Å². The lowest BCUT2D eigenvalue weighted by Crippen LogP contribution is -2.45. The van der Waals surface area contributed by atoms with Crippen LogP contribution < -0.4 is 35.6 Å². The molecule has 430 valence electrons. The van der Waals surface area contributed by atoms with Gasteiger partial charge in [0.05, 0.1) is 69.7 Å².